The van der Waals surface area contributed by atoms with Crippen molar-refractivity contribution in [2.75, 3.05) is 11.9 Å². The summed E-state index contributed by atoms with van der Waals surface area (Å²) in [5, 5.41) is 11.1. The maximum absolute atomic E-state index is 5.85. The SMILES string of the molecule is CC(C)CCCCNc1nc(Cl)nc2[nH]ncc12. The van der Waals surface area contributed by atoms with E-state index in [1.807, 2.05) is 0 Å². The van der Waals surface area contributed by atoms with Crippen LogP contribution in [0.4, 0.5) is 5.82 Å². The van der Waals surface area contributed by atoms with Gasteiger partial charge >= 0.3 is 0 Å². The van der Waals surface area contributed by atoms with Crippen molar-refractivity contribution >= 4 is 28.5 Å². The number of halogens is 1. The van der Waals surface area contributed by atoms with E-state index in [-0.39, 0.29) is 5.28 Å². The number of aromatic amines is 1. The Labute approximate surface area is 111 Å². The first-order valence-corrected chi connectivity index (χ1v) is 6.65. The predicted molar refractivity (Wildman–Crippen MR) is 73.9 cm³/mol. The second-order valence-corrected chi connectivity index (χ2v) is 5.13. The summed E-state index contributed by atoms with van der Waals surface area (Å²) in [7, 11) is 0. The maximum Gasteiger partial charge on any atom is 0.226 e. The maximum atomic E-state index is 5.85. The summed E-state index contributed by atoms with van der Waals surface area (Å²) >= 11 is 5.85. The Kier molecular flexibility index (Phi) is 4.36. The molecule has 98 valence electrons. The number of unbranched alkanes of at least 4 members (excludes halogenated alkanes) is 1. The van der Waals surface area contributed by atoms with Crippen LogP contribution in [0.3, 0.4) is 0 Å². The predicted octanol–water partition coefficient (Wildman–Crippen LogP) is 3.24. The zero-order valence-electron chi connectivity index (χ0n) is 10.7. The lowest BCUT2D eigenvalue weighted by Gasteiger charge is -2.07. The lowest BCUT2D eigenvalue weighted by molar-refractivity contribution is 0.544. The van der Waals surface area contributed by atoms with Gasteiger partial charge in [0, 0.05) is 6.54 Å². The molecule has 0 fully saturated rings. The molecule has 2 heterocycles. The summed E-state index contributed by atoms with van der Waals surface area (Å²) in [5.74, 6) is 1.52. The van der Waals surface area contributed by atoms with Crippen molar-refractivity contribution in [3.63, 3.8) is 0 Å². The van der Waals surface area contributed by atoms with Gasteiger partial charge in [0.1, 0.15) is 5.82 Å². The molecule has 6 heteroatoms. The van der Waals surface area contributed by atoms with Crippen LogP contribution in [-0.4, -0.2) is 26.7 Å². The van der Waals surface area contributed by atoms with Crippen molar-refractivity contribution in [2.45, 2.75) is 33.1 Å². The Hall–Kier alpha value is -1.36. The van der Waals surface area contributed by atoms with E-state index in [4.69, 9.17) is 11.6 Å². The van der Waals surface area contributed by atoms with E-state index in [1.165, 1.54) is 12.8 Å². The molecule has 2 N–H and O–H groups in total. The topological polar surface area (TPSA) is 66.5 Å². The molecule has 0 aliphatic carbocycles. The van der Waals surface area contributed by atoms with E-state index >= 15 is 0 Å². The number of nitrogens with one attached hydrogen (secondary N) is 2. The molecule has 0 aliphatic heterocycles. The number of rotatable bonds is 6. The molecule has 0 aliphatic rings. The highest BCUT2D eigenvalue weighted by Gasteiger charge is 2.07. The van der Waals surface area contributed by atoms with Crippen LogP contribution in [0.1, 0.15) is 33.1 Å². The molecule has 0 radical (unpaired) electrons. The minimum Gasteiger partial charge on any atom is -0.369 e. The molecule has 2 aromatic heterocycles. The van der Waals surface area contributed by atoms with Crippen LogP contribution >= 0.6 is 11.6 Å². The molecule has 2 rings (SSSR count). The molecule has 18 heavy (non-hydrogen) atoms. The van der Waals surface area contributed by atoms with Gasteiger partial charge in [-0.3, -0.25) is 5.10 Å². The zero-order valence-corrected chi connectivity index (χ0v) is 11.5. The van der Waals surface area contributed by atoms with Crippen LogP contribution in [-0.2, 0) is 0 Å². The first-order valence-electron chi connectivity index (χ1n) is 6.27. The fourth-order valence-corrected chi connectivity index (χ4v) is 2.00. The van der Waals surface area contributed by atoms with Crippen molar-refractivity contribution in [1.82, 2.24) is 20.2 Å². The highest BCUT2D eigenvalue weighted by atomic mass is 35.5. The smallest absolute Gasteiger partial charge is 0.226 e. The quantitative estimate of drug-likeness (QED) is 0.623. The summed E-state index contributed by atoms with van der Waals surface area (Å²) in [6, 6.07) is 0. The first kappa shape index (κ1) is 13.1. The molecule has 5 nitrogen and oxygen atoms in total. The van der Waals surface area contributed by atoms with Crippen molar-refractivity contribution in [2.24, 2.45) is 5.92 Å². The van der Waals surface area contributed by atoms with Crippen molar-refractivity contribution in [3.05, 3.63) is 11.5 Å². The van der Waals surface area contributed by atoms with E-state index in [0.717, 1.165) is 30.1 Å². The highest BCUT2D eigenvalue weighted by molar-refractivity contribution is 6.28. The van der Waals surface area contributed by atoms with E-state index in [9.17, 15) is 0 Å². The summed E-state index contributed by atoms with van der Waals surface area (Å²) in [6.07, 6.45) is 5.31. The van der Waals surface area contributed by atoms with Gasteiger partial charge in [-0.2, -0.15) is 15.1 Å². The average molecular weight is 268 g/mol. The van der Waals surface area contributed by atoms with Crippen LogP contribution in [0.2, 0.25) is 5.28 Å². The molecule has 0 spiro atoms. The van der Waals surface area contributed by atoms with E-state index in [1.54, 1.807) is 6.20 Å². The molecule has 0 bridgehead atoms. The Morgan fingerprint density at radius 1 is 1.33 bits per heavy atom. The van der Waals surface area contributed by atoms with Crippen molar-refractivity contribution < 1.29 is 0 Å². The summed E-state index contributed by atoms with van der Waals surface area (Å²) in [4.78, 5) is 8.25. The number of fused-ring (bicyclic) bond motifs is 1. The monoisotopic (exact) mass is 267 g/mol. The average Bonchev–Trinajstić information content (AvgIpc) is 2.75. The molecular weight excluding hydrogens is 250 g/mol. The van der Waals surface area contributed by atoms with E-state index < -0.39 is 0 Å². The summed E-state index contributed by atoms with van der Waals surface area (Å²) in [5.41, 5.74) is 0.666. The van der Waals surface area contributed by atoms with Crippen molar-refractivity contribution in [1.29, 1.82) is 0 Å². The van der Waals surface area contributed by atoms with E-state index in [2.05, 4.69) is 39.3 Å². The molecule has 0 saturated carbocycles. The molecule has 0 atom stereocenters. The standard InChI is InChI=1S/C12H18ClN5/c1-8(2)5-3-4-6-14-10-9-7-15-18-11(9)17-12(13)16-10/h7-8H,3-6H2,1-2H3,(H2,14,15,16,17,18). The van der Waals surface area contributed by atoms with Gasteiger partial charge in [0.25, 0.3) is 0 Å². The molecule has 0 saturated heterocycles. The number of nitrogens with zero attached hydrogens (tertiary/aromatic N) is 3. The number of aromatic nitrogens is 4. The van der Waals surface area contributed by atoms with Gasteiger partial charge in [0.2, 0.25) is 5.28 Å². The normalized spacial score (nSPS) is 11.3. The number of anilines is 1. The van der Waals surface area contributed by atoms with Gasteiger partial charge in [-0.05, 0) is 23.9 Å². The third kappa shape index (κ3) is 3.32. The van der Waals surface area contributed by atoms with Crippen LogP contribution in [0.25, 0.3) is 11.0 Å². The fraction of sp³-hybridized carbons (Fsp3) is 0.583. The van der Waals surface area contributed by atoms with Crippen molar-refractivity contribution in [3.8, 4) is 0 Å². The third-order valence-electron chi connectivity index (χ3n) is 2.78. The number of hydrogen-bond donors (Lipinski definition) is 2. The van der Waals surface area contributed by atoms with Gasteiger partial charge in [-0.25, -0.2) is 0 Å². The Morgan fingerprint density at radius 2 is 2.17 bits per heavy atom. The van der Waals surface area contributed by atoms with Gasteiger partial charge in [-0.1, -0.05) is 26.7 Å². The minimum atomic E-state index is 0.233. The number of hydrogen-bond acceptors (Lipinski definition) is 4. The minimum absolute atomic E-state index is 0.233. The first-order chi connectivity index (χ1) is 8.66. The number of H-pyrrole nitrogens is 1. The van der Waals surface area contributed by atoms with Crippen LogP contribution in [0, 0.1) is 5.92 Å². The lowest BCUT2D eigenvalue weighted by atomic mass is 10.1. The van der Waals surface area contributed by atoms with Crippen LogP contribution in [0.5, 0.6) is 0 Å². The molecular formula is C12H18ClN5. The summed E-state index contributed by atoms with van der Waals surface area (Å²) in [6.45, 7) is 5.37. The Morgan fingerprint density at radius 3 is 2.94 bits per heavy atom. The largest absolute Gasteiger partial charge is 0.369 e. The second-order valence-electron chi connectivity index (χ2n) is 4.79. The highest BCUT2D eigenvalue weighted by Crippen LogP contribution is 2.19. The Balaban J connectivity index is 1.93. The summed E-state index contributed by atoms with van der Waals surface area (Å²) < 4.78 is 0. The van der Waals surface area contributed by atoms with Gasteiger partial charge in [0.15, 0.2) is 5.65 Å². The third-order valence-corrected chi connectivity index (χ3v) is 2.95. The fourth-order valence-electron chi connectivity index (χ4n) is 1.83. The van der Waals surface area contributed by atoms with Gasteiger partial charge in [-0.15, -0.1) is 0 Å². The Bertz CT molecular complexity index is 508. The zero-order chi connectivity index (χ0) is 13.0. The lowest BCUT2D eigenvalue weighted by Crippen LogP contribution is -2.05. The second kappa shape index (κ2) is 6.00. The molecule has 2 aromatic rings. The van der Waals surface area contributed by atoms with Gasteiger partial charge < -0.3 is 5.32 Å². The van der Waals surface area contributed by atoms with E-state index in [0.29, 0.717) is 5.65 Å². The molecule has 0 aromatic carbocycles. The van der Waals surface area contributed by atoms with Crippen LogP contribution < -0.4 is 5.32 Å². The molecule has 0 amide bonds. The van der Waals surface area contributed by atoms with Gasteiger partial charge in [0.05, 0.1) is 11.6 Å². The molecule has 0 unspecified atom stereocenters. The van der Waals surface area contributed by atoms with Crippen LogP contribution in [0.15, 0.2) is 6.20 Å².